The van der Waals surface area contributed by atoms with E-state index in [1.807, 2.05) is 42.5 Å². The van der Waals surface area contributed by atoms with E-state index in [0.717, 1.165) is 16.1 Å². The number of carbonyl (C=O) groups is 1. The van der Waals surface area contributed by atoms with Crippen molar-refractivity contribution >= 4 is 51.3 Å². The zero-order valence-electron chi connectivity index (χ0n) is 13.1. The van der Waals surface area contributed by atoms with Gasteiger partial charge >= 0.3 is 0 Å². The van der Waals surface area contributed by atoms with E-state index in [1.165, 1.54) is 11.3 Å². The Bertz CT molecular complexity index is 868. The Morgan fingerprint density at radius 3 is 2.68 bits per heavy atom. The summed E-state index contributed by atoms with van der Waals surface area (Å²) in [6.45, 7) is 0.182. The molecule has 1 aromatic heterocycles. The third kappa shape index (κ3) is 5.19. The van der Waals surface area contributed by atoms with Gasteiger partial charge in [0.15, 0.2) is 5.13 Å². The molecule has 0 atom stereocenters. The summed E-state index contributed by atoms with van der Waals surface area (Å²) >= 11 is 13.5. The molecular formula is C18H15Cl2N3OS. The van der Waals surface area contributed by atoms with Crippen LogP contribution in [0.25, 0.3) is 0 Å². The molecule has 0 saturated carbocycles. The SMILES string of the molecule is O=C(CNc1ccccc1)Nc1ncc(Cc2ccc(Cl)cc2Cl)s1. The monoisotopic (exact) mass is 391 g/mol. The molecule has 0 radical (unpaired) electrons. The van der Waals surface area contributed by atoms with Crippen LogP contribution in [0.3, 0.4) is 0 Å². The molecule has 25 heavy (non-hydrogen) atoms. The Morgan fingerprint density at radius 1 is 1.12 bits per heavy atom. The van der Waals surface area contributed by atoms with Crippen LogP contribution in [0.4, 0.5) is 10.8 Å². The normalized spacial score (nSPS) is 10.5. The number of rotatable bonds is 6. The smallest absolute Gasteiger partial charge is 0.245 e. The number of para-hydroxylation sites is 1. The van der Waals surface area contributed by atoms with Crippen molar-refractivity contribution in [1.29, 1.82) is 0 Å². The van der Waals surface area contributed by atoms with Crippen molar-refractivity contribution in [3.05, 3.63) is 75.2 Å². The molecule has 0 saturated heterocycles. The van der Waals surface area contributed by atoms with Gasteiger partial charge in [0, 0.05) is 33.2 Å². The van der Waals surface area contributed by atoms with Crippen LogP contribution < -0.4 is 10.6 Å². The lowest BCUT2D eigenvalue weighted by atomic mass is 10.1. The highest BCUT2D eigenvalue weighted by Crippen LogP contribution is 2.26. The van der Waals surface area contributed by atoms with Crippen molar-refractivity contribution in [1.82, 2.24) is 4.98 Å². The van der Waals surface area contributed by atoms with Crippen molar-refractivity contribution in [2.24, 2.45) is 0 Å². The third-order valence-corrected chi connectivity index (χ3v) is 4.91. The number of carbonyl (C=O) groups excluding carboxylic acids is 1. The minimum atomic E-state index is -0.144. The van der Waals surface area contributed by atoms with Gasteiger partial charge in [-0.25, -0.2) is 4.98 Å². The van der Waals surface area contributed by atoms with Crippen molar-refractivity contribution in [3.63, 3.8) is 0 Å². The molecule has 0 fully saturated rings. The number of aromatic nitrogens is 1. The number of amides is 1. The zero-order chi connectivity index (χ0) is 17.6. The minimum absolute atomic E-state index is 0.144. The molecule has 2 N–H and O–H groups in total. The number of thiazole rings is 1. The zero-order valence-corrected chi connectivity index (χ0v) is 15.5. The lowest BCUT2D eigenvalue weighted by Crippen LogP contribution is -2.21. The van der Waals surface area contributed by atoms with Gasteiger partial charge in [-0.1, -0.05) is 47.5 Å². The van der Waals surface area contributed by atoms with Crippen LogP contribution in [0.1, 0.15) is 10.4 Å². The van der Waals surface area contributed by atoms with Crippen LogP contribution in [-0.2, 0) is 11.2 Å². The summed E-state index contributed by atoms with van der Waals surface area (Å²) in [4.78, 5) is 17.3. The van der Waals surface area contributed by atoms with E-state index < -0.39 is 0 Å². The third-order valence-electron chi connectivity index (χ3n) is 3.41. The molecule has 0 aliphatic carbocycles. The summed E-state index contributed by atoms with van der Waals surface area (Å²) in [6.07, 6.45) is 2.39. The van der Waals surface area contributed by atoms with Gasteiger partial charge in [-0.15, -0.1) is 11.3 Å². The molecule has 4 nitrogen and oxygen atoms in total. The number of nitrogens with zero attached hydrogens (tertiary/aromatic N) is 1. The number of benzene rings is 2. The van der Waals surface area contributed by atoms with Gasteiger partial charge in [-0.05, 0) is 29.8 Å². The largest absolute Gasteiger partial charge is 0.376 e. The van der Waals surface area contributed by atoms with Crippen LogP contribution in [0.5, 0.6) is 0 Å². The molecule has 0 aliphatic rings. The average molecular weight is 392 g/mol. The van der Waals surface area contributed by atoms with Crippen LogP contribution in [-0.4, -0.2) is 17.4 Å². The molecule has 1 amide bonds. The van der Waals surface area contributed by atoms with Crippen molar-refractivity contribution in [3.8, 4) is 0 Å². The molecule has 0 aliphatic heterocycles. The quantitative estimate of drug-likeness (QED) is 0.614. The fourth-order valence-electron chi connectivity index (χ4n) is 2.20. The first kappa shape index (κ1) is 17.7. The lowest BCUT2D eigenvalue weighted by Gasteiger charge is -2.05. The first-order valence-electron chi connectivity index (χ1n) is 7.57. The fourth-order valence-corrected chi connectivity index (χ4v) is 3.53. The summed E-state index contributed by atoms with van der Waals surface area (Å²) in [7, 11) is 0. The molecule has 0 bridgehead atoms. The van der Waals surface area contributed by atoms with Gasteiger partial charge in [0.1, 0.15) is 0 Å². The van der Waals surface area contributed by atoms with E-state index in [9.17, 15) is 4.79 Å². The van der Waals surface area contributed by atoms with Crippen molar-refractivity contribution in [2.75, 3.05) is 17.2 Å². The molecule has 2 aromatic carbocycles. The van der Waals surface area contributed by atoms with E-state index in [4.69, 9.17) is 23.2 Å². The summed E-state index contributed by atoms with van der Waals surface area (Å²) in [5, 5.41) is 7.65. The van der Waals surface area contributed by atoms with E-state index in [2.05, 4.69) is 15.6 Å². The van der Waals surface area contributed by atoms with Gasteiger partial charge < -0.3 is 10.6 Å². The van der Waals surface area contributed by atoms with Crippen LogP contribution in [0, 0.1) is 0 Å². The summed E-state index contributed by atoms with van der Waals surface area (Å²) in [5.74, 6) is -0.144. The van der Waals surface area contributed by atoms with Crippen LogP contribution >= 0.6 is 34.5 Å². The Labute approximate surface area is 159 Å². The molecule has 1 heterocycles. The second-order valence-corrected chi connectivity index (χ2v) is 7.27. The fraction of sp³-hybridized carbons (Fsp3) is 0.111. The predicted molar refractivity (Wildman–Crippen MR) is 105 cm³/mol. The van der Waals surface area contributed by atoms with E-state index in [-0.39, 0.29) is 12.5 Å². The first-order valence-corrected chi connectivity index (χ1v) is 9.15. The number of nitrogens with one attached hydrogen (secondary N) is 2. The molecule has 128 valence electrons. The molecule has 7 heteroatoms. The van der Waals surface area contributed by atoms with Gasteiger partial charge in [0.05, 0.1) is 6.54 Å². The maximum atomic E-state index is 12.0. The van der Waals surface area contributed by atoms with E-state index in [0.29, 0.717) is 21.6 Å². The highest BCUT2D eigenvalue weighted by molar-refractivity contribution is 7.15. The van der Waals surface area contributed by atoms with E-state index >= 15 is 0 Å². The highest BCUT2D eigenvalue weighted by atomic mass is 35.5. The molecular weight excluding hydrogens is 377 g/mol. The van der Waals surface area contributed by atoms with Crippen LogP contribution in [0.15, 0.2) is 54.7 Å². The summed E-state index contributed by atoms with van der Waals surface area (Å²) in [5.41, 5.74) is 1.87. The Kier molecular flexibility index (Phi) is 5.91. The topological polar surface area (TPSA) is 54.0 Å². The summed E-state index contributed by atoms with van der Waals surface area (Å²) in [6, 6.07) is 15.0. The standard InChI is InChI=1S/C18H15Cl2N3OS/c19-13-7-6-12(16(20)9-13)8-15-10-22-18(25-15)23-17(24)11-21-14-4-2-1-3-5-14/h1-7,9-10,21H,8,11H2,(H,22,23,24). The van der Waals surface area contributed by atoms with Gasteiger partial charge in [-0.2, -0.15) is 0 Å². The number of halogens is 2. The maximum Gasteiger partial charge on any atom is 0.245 e. The van der Waals surface area contributed by atoms with Crippen molar-refractivity contribution in [2.45, 2.75) is 6.42 Å². The maximum absolute atomic E-state index is 12.0. The second-order valence-electron chi connectivity index (χ2n) is 5.31. The Morgan fingerprint density at radius 2 is 1.92 bits per heavy atom. The minimum Gasteiger partial charge on any atom is -0.376 e. The van der Waals surface area contributed by atoms with Gasteiger partial charge in [0.2, 0.25) is 5.91 Å². The highest BCUT2D eigenvalue weighted by Gasteiger charge is 2.09. The summed E-state index contributed by atoms with van der Waals surface area (Å²) < 4.78 is 0. The van der Waals surface area contributed by atoms with Crippen LogP contribution in [0.2, 0.25) is 10.0 Å². The molecule has 3 aromatic rings. The average Bonchev–Trinajstić information content (AvgIpc) is 3.03. The Balaban J connectivity index is 1.55. The Hall–Kier alpha value is -2.08. The lowest BCUT2D eigenvalue weighted by molar-refractivity contribution is -0.114. The molecule has 0 unspecified atom stereocenters. The first-order chi connectivity index (χ1) is 12.1. The number of hydrogen-bond acceptors (Lipinski definition) is 4. The number of hydrogen-bond donors (Lipinski definition) is 2. The second kappa shape index (κ2) is 8.34. The van der Waals surface area contributed by atoms with Gasteiger partial charge in [-0.3, -0.25) is 4.79 Å². The molecule has 3 rings (SSSR count). The molecule has 0 spiro atoms. The van der Waals surface area contributed by atoms with E-state index in [1.54, 1.807) is 12.3 Å². The van der Waals surface area contributed by atoms with Gasteiger partial charge in [0.25, 0.3) is 0 Å². The number of anilines is 2. The predicted octanol–water partition coefficient (Wildman–Crippen LogP) is 5.09. The van der Waals surface area contributed by atoms with Crippen molar-refractivity contribution < 1.29 is 4.79 Å².